The van der Waals surface area contributed by atoms with Gasteiger partial charge in [0.15, 0.2) is 0 Å². The maximum absolute atomic E-state index is 12.7. The van der Waals surface area contributed by atoms with Crippen molar-refractivity contribution in [3.8, 4) is 17.6 Å². The second-order valence-electron chi connectivity index (χ2n) is 7.64. The number of esters is 2. The van der Waals surface area contributed by atoms with Gasteiger partial charge in [-0.15, -0.1) is 0 Å². The van der Waals surface area contributed by atoms with Gasteiger partial charge in [0.2, 0.25) is 6.10 Å². The number of nitriles is 1. The van der Waals surface area contributed by atoms with Crippen LogP contribution < -0.4 is 4.74 Å². The number of hydrogen-bond acceptors (Lipinski definition) is 6. The van der Waals surface area contributed by atoms with Gasteiger partial charge in [-0.1, -0.05) is 50.3 Å². The van der Waals surface area contributed by atoms with E-state index in [1.54, 1.807) is 30.3 Å². The topological polar surface area (TPSA) is 85.6 Å². The highest BCUT2D eigenvalue weighted by Gasteiger charge is 2.61. The molecule has 6 heteroatoms. The smallest absolute Gasteiger partial charge is 0.330 e. The van der Waals surface area contributed by atoms with Crippen molar-refractivity contribution in [3.63, 3.8) is 0 Å². The van der Waals surface area contributed by atoms with Gasteiger partial charge in [-0.05, 0) is 35.6 Å². The molecule has 30 heavy (non-hydrogen) atoms. The molecule has 0 spiro atoms. The SMILES string of the molecule is COC(=O)C=CC1C(C(=O)OC(C#N)c2cccc(Oc3ccccc3)c2)C1(C)C. The Morgan fingerprint density at radius 3 is 2.47 bits per heavy atom. The van der Waals surface area contributed by atoms with Gasteiger partial charge in [0, 0.05) is 11.6 Å². The summed E-state index contributed by atoms with van der Waals surface area (Å²) >= 11 is 0. The molecule has 3 rings (SSSR count). The minimum atomic E-state index is -1.06. The van der Waals surface area contributed by atoms with E-state index >= 15 is 0 Å². The summed E-state index contributed by atoms with van der Waals surface area (Å²) in [5.74, 6) is -0.328. The normalized spacial score (nSPS) is 20.1. The van der Waals surface area contributed by atoms with Crippen molar-refractivity contribution in [1.29, 1.82) is 5.26 Å². The van der Waals surface area contributed by atoms with E-state index in [4.69, 9.17) is 9.47 Å². The molecule has 154 valence electrons. The lowest BCUT2D eigenvalue weighted by Gasteiger charge is -2.13. The van der Waals surface area contributed by atoms with Gasteiger partial charge in [0.1, 0.15) is 17.6 Å². The molecule has 2 aromatic rings. The first-order valence-electron chi connectivity index (χ1n) is 9.56. The molecule has 0 N–H and O–H groups in total. The standard InChI is InChI=1S/C24H23NO5/c1-24(2)19(12-13-21(26)28-3)22(24)23(27)30-20(15-25)16-8-7-11-18(14-16)29-17-9-5-4-6-10-17/h4-14,19-20,22H,1-3H3. The third-order valence-corrected chi connectivity index (χ3v) is 5.30. The number of hydrogen-bond donors (Lipinski definition) is 0. The lowest BCUT2D eigenvalue weighted by molar-refractivity contribution is -0.149. The summed E-state index contributed by atoms with van der Waals surface area (Å²) < 4.78 is 15.9. The van der Waals surface area contributed by atoms with Crippen LogP contribution in [0.25, 0.3) is 0 Å². The Morgan fingerprint density at radius 1 is 1.10 bits per heavy atom. The fourth-order valence-corrected chi connectivity index (χ4v) is 3.46. The van der Waals surface area contributed by atoms with Crippen molar-refractivity contribution in [2.24, 2.45) is 17.3 Å². The summed E-state index contributed by atoms with van der Waals surface area (Å²) in [5, 5.41) is 9.57. The molecule has 1 fully saturated rings. The van der Waals surface area contributed by atoms with Crippen LogP contribution in [0, 0.1) is 28.6 Å². The van der Waals surface area contributed by atoms with E-state index in [2.05, 4.69) is 4.74 Å². The lowest BCUT2D eigenvalue weighted by Crippen LogP contribution is -2.14. The summed E-state index contributed by atoms with van der Waals surface area (Å²) in [7, 11) is 1.30. The van der Waals surface area contributed by atoms with Crippen LogP contribution in [-0.4, -0.2) is 19.0 Å². The third kappa shape index (κ3) is 4.69. The first-order chi connectivity index (χ1) is 14.4. The number of para-hydroxylation sites is 1. The molecular weight excluding hydrogens is 382 g/mol. The second-order valence-corrected chi connectivity index (χ2v) is 7.64. The molecule has 0 saturated heterocycles. The molecular formula is C24H23NO5. The molecule has 1 aliphatic rings. The van der Waals surface area contributed by atoms with Gasteiger partial charge in [-0.2, -0.15) is 5.26 Å². The Kier molecular flexibility index (Phi) is 6.22. The number of allylic oxidation sites excluding steroid dienone is 1. The van der Waals surface area contributed by atoms with E-state index in [0.29, 0.717) is 17.1 Å². The van der Waals surface area contributed by atoms with Crippen molar-refractivity contribution in [2.45, 2.75) is 20.0 Å². The lowest BCUT2D eigenvalue weighted by atomic mass is 10.1. The highest BCUT2D eigenvalue weighted by molar-refractivity contribution is 5.83. The van der Waals surface area contributed by atoms with Crippen LogP contribution in [0.4, 0.5) is 0 Å². The number of carbonyl (C=O) groups excluding carboxylic acids is 2. The van der Waals surface area contributed by atoms with E-state index in [1.807, 2.05) is 50.2 Å². The predicted molar refractivity (Wildman–Crippen MR) is 109 cm³/mol. The largest absolute Gasteiger partial charge is 0.466 e. The molecule has 1 aliphatic carbocycles. The van der Waals surface area contributed by atoms with Gasteiger partial charge in [0.25, 0.3) is 0 Å². The number of ether oxygens (including phenoxy) is 3. The van der Waals surface area contributed by atoms with Crippen LogP contribution in [0.2, 0.25) is 0 Å². The van der Waals surface area contributed by atoms with E-state index < -0.39 is 24.0 Å². The first-order valence-corrected chi connectivity index (χ1v) is 9.56. The predicted octanol–water partition coefficient (Wildman–Crippen LogP) is 4.59. The van der Waals surface area contributed by atoms with Crippen molar-refractivity contribution in [2.75, 3.05) is 7.11 Å². The summed E-state index contributed by atoms with van der Waals surface area (Å²) in [4.78, 5) is 24.0. The fraction of sp³-hybridized carbons (Fsp3) is 0.292. The van der Waals surface area contributed by atoms with Crippen molar-refractivity contribution in [1.82, 2.24) is 0 Å². The van der Waals surface area contributed by atoms with Gasteiger partial charge >= 0.3 is 11.9 Å². The molecule has 1 saturated carbocycles. The molecule has 0 amide bonds. The van der Waals surface area contributed by atoms with Crippen LogP contribution in [0.5, 0.6) is 11.5 Å². The summed E-state index contributed by atoms with van der Waals surface area (Å²) in [5.41, 5.74) is 0.166. The zero-order valence-corrected chi connectivity index (χ0v) is 17.1. The molecule has 0 heterocycles. The van der Waals surface area contributed by atoms with E-state index in [9.17, 15) is 14.9 Å². The minimum absolute atomic E-state index is 0.156. The summed E-state index contributed by atoms with van der Waals surface area (Å²) in [6.07, 6.45) is 1.91. The third-order valence-electron chi connectivity index (χ3n) is 5.30. The average molecular weight is 405 g/mol. The molecule has 3 atom stereocenters. The highest BCUT2D eigenvalue weighted by atomic mass is 16.5. The van der Waals surface area contributed by atoms with E-state index in [0.717, 1.165) is 0 Å². The molecule has 2 aromatic carbocycles. The zero-order valence-electron chi connectivity index (χ0n) is 17.1. The number of rotatable bonds is 7. The van der Waals surface area contributed by atoms with Crippen LogP contribution in [0.3, 0.4) is 0 Å². The molecule has 3 unspecified atom stereocenters. The monoisotopic (exact) mass is 405 g/mol. The second kappa shape index (κ2) is 8.83. The van der Waals surface area contributed by atoms with Crippen LogP contribution in [0.1, 0.15) is 25.5 Å². The van der Waals surface area contributed by atoms with Crippen LogP contribution in [-0.2, 0) is 19.1 Å². The molecule has 6 nitrogen and oxygen atoms in total. The summed E-state index contributed by atoms with van der Waals surface area (Å²) in [6.45, 7) is 3.84. The Morgan fingerprint density at radius 2 is 1.80 bits per heavy atom. The number of nitrogens with zero attached hydrogens (tertiary/aromatic N) is 1. The van der Waals surface area contributed by atoms with Gasteiger partial charge in [0.05, 0.1) is 13.0 Å². The first kappa shape index (κ1) is 21.1. The van der Waals surface area contributed by atoms with E-state index in [-0.39, 0.29) is 11.3 Å². The van der Waals surface area contributed by atoms with Crippen LogP contribution in [0.15, 0.2) is 66.7 Å². The van der Waals surface area contributed by atoms with Crippen molar-refractivity contribution in [3.05, 3.63) is 72.3 Å². The number of methoxy groups -OCH3 is 1. The van der Waals surface area contributed by atoms with Crippen molar-refractivity contribution < 1.29 is 23.8 Å². The van der Waals surface area contributed by atoms with Crippen molar-refractivity contribution >= 4 is 11.9 Å². The Bertz CT molecular complexity index is 990. The minimum Gasteiger partial charge on any atom is -0.466 e. The van der Waals surface area contributed by atoms with Gasteiger partial charge in [-0.25, -0.2) is 4.79 Å². The van der Waals surface area contributed by atoms with E-state index in [1.165, 1.54) is 13.2 Å². The number of benzene rings is 2. The maximum atomic E-state index is 12.7. The van der Waals surface area contributed by atoms with Crippen LogP contribution >= 0.6 is 0 Å². The Labute approximate surface area is 175 Å². The fourth-order valence-electron chi connectivity index (χ4n) is 3.46. The quantitative estimate of drug-likeness (QED) is 0.495. The van der Waals surface area contributed by atoms with Gasteiger partial charge < -0.3 is 14.2 Å². The van der Waals surface area contributed by atoms with Gasteiger partial charge in [-0.3, -0.25) is 4.79 Å². The molecule has 0 radical (unpaired) electrons. The molecule has 0 aliphatic heterocycles. The number of carbonyl (C=O) groups is 2. The average Bonchev–Trinajstić information content (AvgIpc) is 3.31. The zero-order chi connectivity index (χ0) is 21.7. The maximum Gasteiger partial charge on any atom is 0.330 e. The Balaban J connectivity index is 1.69. The molecule has 0 bridgehead atoms. The highest BCUT2D eigenvalue weighted by Crippen LogP contribution is 2.59. The molecule has 0 aromatic heterocycles. The summed E-state index contributed by atoms with van der Waals surface area (Å²) in [6, 6.07) is 18.2. The Hall–Kier alpha value is -3.59.